The number of aryl methyl sites for hydroxylation is 1. The Labute approximate surface area is 108 Å². The molecule has 0 atom stereocenters. The van der Waals surface area contributed by atoms with Crippen LogP contribution in [0.3, 0.4) is 0 Å². The summed E-state index contributed by atoms with van der Waals surface area (Å²) in [7, 11) is 0. The average Bonchev–Trinajstić information content (AvgIpc) is 2.38. The summed E-state index contributed by atoms with van der Waals surface area (Å²) in [6.45, 7) is 2.02. The smallest absolute Gasteiger partial charge is 0.251 e. The molecule has 1 fully saturated rings. The Morgan fingerprint density at radius 1 is 1.39 bits per heavy atom. The van der Waals surface area contributed by atoms with Gasteiger partial charge in [0, 0.05) is 5.69 Å². The van der Waals surface area contributed by atoms with Gasteiger partial charge in [-0.05, 0) is 31.9 Å². The second-order valence-electron chi connectivity index (χ2n) is 4.78. The third-order valence-corrected chi connectivity index (χ3v) is 3.16. The highest BCUT2D eigenvalue weighted by Crippen LogP contribution is 2.20. The molecule has 2 rings (SSSR count). The Bertz CT molecular complexity index is 401. The van der Waals surface area contributed by atoms with Crippen molar-refractivity contribution in [1.29, 1.82) is 0 Å². The fourth-order valence-electron chi connectivity index (χ4n) is 2.22. The minimum absolute atomic E-state index is 0.125. The van der Waals surface area contributed by atoms with Gasteiger partial charge >= 0.3 is 0 Å². The first kappa shape index (κ1) is 13.0. The largest absolute Gasteiger partial charge is 0.368 e. The quantitative estimate of drug-likeness (QED) is 0.891. The number of rotatable bonds is 4. The Morgan fingerprint density at radius 3 is 2.89 bits per heavy atom. The average molecular weight is 248 g/mol. The summed E-state index contributed by atoms with van der Waals surface area (Å²) in [6.07, 6.45) is 6.14. The van der Waals surface area contributed by atoms with E-state index in [0.29, 0.717) is 5.82 Å². The number of pyridine rings is 1. The molecule has 1 amide bonds. The lowest BCUT2D eigenvalue weighted by Crippen LogP contribution is -2.25. The van der Waals surface area contributed by atoms with Crippen LogP contribution in [0.15, 0.2) is 18.2 Å². The van der Waals surface area contributed by atoms with Crippen molar-refractivity contribution < 1.29 is 9.53 Å². The molecule has 98 valence electrons. The van der Waals surface area contributed by atoms with Gasteiger partial charge in [-0.1, -0.05) is 25.3 Å². The molecule has 1 N–H and O–H groups in total. The van der Waals surface area contributed by atoms with Gasteiger partial charge in [-0.2, -0.15) is 0 Å². The van der Waals surface area contributed by atoms with Crippen molar-refractivity contribution in [3.8, 4) is 0 Å². The van der Waals surface area contributed by atoms with E-state index in [4.69, 9.17) is 4.74 Å². The normalized spacial score (nSPS) is 16.5. The molecule has 0 spiro atoms. The van der Waals surface area contributed by atoms with Crippen molar-refractivity contribution >= 4 is 11.7 Å². The molecule has 0 radical (unpaired) electrons. The second kappa shape index (κ2) is 6.50. The monoisotopic (exact) mass is 248 g/mol. The van der Waals surface area contributed by atoms with Crippen molar-refractivity contribution in [2.24, 2.45) is 0 Å². The van der Waals surface area contributed by atoms with Crippen LogP contribution in [0.1, 0.15) is 37.8 Å². The predicted molar refractivity (Wildman–Crippen MR) is 70.4 cm³/mol. The summed E-state index contributed by atoms with van der Waals surface area (Å²) in [4.78, 5) is 15.9. The summed E-state index contributed by atoms with van der Waals surface area (Å²) in [5.74, 6) is 0.464. The van der Waals surface area contributed by atoms with E-state index < -0.39 is 0 Å². The summed E-state index contributed by atoms with van der Waals surface area (Å²) in [6, 6.07) is 5.56. The van der Waals surface area contributed by atoms with Gasteiger partial charge in [0.15, 0.2) is 0 Å². The number of ether oxygens (including phenoxy) is 1. The van der Waals surface area contributed by atoms with Crippen LogP contribution >= 0.6 is 0 Å². The molecule has 1 heterocycles. The molecule has 18 heavy (non-hydrogen) atoms. The number of hydrogen-bond acceptors (Lipinski definition) is 3. The number of carbonyl (C=O) groups is 1. The van der Waals surface area contributed by atoms with Crippen LogP contribution in [0.25, 0.3) is 0 Å². The molecule has 0 bridgehead atoms. The zero-order chi connectivity index (χ0) is 12.8. The first-order valence-corrected chi connectivity index (χ1v) is 6.59. The number of aromatic nitrogens is 1. The van der Waals surface area contributed by atoms with Crippen LogP contribution in [0, 0.1) is 6.92 Å². The molecule has 0 aromatic carbocycles. The van der Waals surface area contributed by atoms with Gasteiger partial charge in [0.2, 0.25) is 0 Å². The second-order valence-corrected chi connectivity index (χ2v) is 4.78. The molecular formula is C14H20N2O2. The first-order chi connectivity index (χ1) is 8.74. The van der Waals surface area contributed by atoms with Crippen LogP contribution < -0.4 is 5.32 Å². The van der Waals surface area contributed by atoms with Crippen LogP contribution in [-0.4, -0.2) is 23.6 Å². The summed E-state index contributed by atoms with van der Waals surface area (Å²) >= 11 is 0. The van der Waals surface area contributed by atoms with Crippen LogP contribution in [0.4, 0.5) is 5.82 Å². The topological polar surface area (TPSA) is 51.2 Å². The Hall–Kier alpha value is -1.42. The van der Waals surface area contributed by atoms with Gasteiger partial charge < -0.3 is 10.1 Å². The Balaban J connectivity index is 1.74. The first-order valence-electron chi connectivity index (χ1n) is 6.59. The fourth-order valence-corrected chi connectivity index (χ4v) is 2.22. The van der Waals surface area contributed by atoms with E-state index in [0.717, 1.165) is 18.5 Å². The van der Waals surface area contributed by atoms with Crippen molar-refractivity contribution in [2.75, 3.05) is 11.9 Å². The van der Waals surface area contributed by atoms with Crippen molar-refractivity contribution in [3.05, 3.63) is 23.9 Å². The van der Waals surface area contributed by atoms with Crippen molar-refractivity contribution in [3.63, 3.8) is 0 Å². The molecule has 1 aliphatic rings. The minimum Gasteiger partial charge on any atom is -0.368 e. The maximum absolute atomic E-state index is 11.7. The molecule has 0 saturated heterocycles. The van der Waals surface area contributed by atoms with E-state index in [1.807, 2.05) is 19.1 Å². The standard InChI is InChI=1S/C14H20N2O2/c1-11-6-5-9-13(15-11)16-14(17)10-18-12-7-3-2-4-8-12/h5-6,9,12H,2-4,7-8,10H2,1H3,(H,15,16,17). The lowest BCUT2D eigenvalue weighted by atomic mass is 9.98. The number of amides is 1. The van der Waals surface area contributed by atoms with Crippen LogP contribution in [-0.2, 0) is 9.53 Å². The molecule has 1 aliphatic carbocycles. The molecular weight excluding hydrogens is 228 g/mol. The molecule has 4 nitrogen and oxygen atoms in total. The maximum atomic E-state index is 11.7. The zero-order valence-electron chi connectivity index (χ0n) is 10.8. The fraction of sp³-hybridized carbons (Fsp3) is 0.571. The van der Waals surface area contributed by atoms with E-state index in [1.165, 1.54) is 19.3 Å². The zero-order valence-corrected chi connectivity index (χ0v) is 10.8. The molecule has 1 aromatic rings. The predicted octanol–water partition coefficient (Wildman–Crippen LogP) is 2.68. The third kappa shape index (κ3) is 4.11. The third-order valence-electron chi connectivity index (χ3n) is 3.16. The van der Waals surface area contributed by atoms with Gasteiger partial charge in [-0.15, -0.1) is 0 Å². The van der Waals surface area contributed by atoms with E-state index in [9.17, 15) is 4.79 Å². The maximum Gasteiger partial charge on any atom is 0.251 e. The molecule has 1 aromatic heterocycles. The summed E-state index contributed by atoms with van der Waals surface area (Å²) in [5.41, 5.74) is 0.890. The number of hydrogen-bond donors (Lipinski definition) is 1. The van der Waals surface area contributed by atoms with E-state index in [2.05, 4.69) is 10.3 Å². The van der Waals surface area contributed by atoms with Gasteiger partial charge in [-0.25, -0.2) is 4.98 Å². The number of anilines is 1. The van der Waals surface area contributed by atoms with Crippen LogP contribution in [0.2, 0.25) is 0 Å². The number of nitrogens with zero attached hydrogens (tertiary/aromatic N) is 1. The molecule has 4 heteroatoms. The lowest BCUT2D eigenvalue weighted by molar-refractivity contribution is -0.123. The number of nitrogens with one attached hydrogen (secondary N) is 1. The highest BCUT2D eigenvalue weighted by Gasteiger charge is 2.15. The Morgan fingerprint density at radius 2 is 2.17 bits per heavy atom. The lowest BCUT2D eigenvalue weighted by Gasteiger charge is -2.21. The molecule has 1 saturated carbocycles. The molecule has 0 aliphatic heterocycles. The summed E-state index contributed by atoms with van der Waals surface area (Å²) < 4.78 is 5.61. The minimum atomic E-state index is -0.126. The summed E-state index contributed by atoms with van der Waals surface area (Å²) in [5, 5.41) is 2.75. The van der Waals surface area contributed by atoms with Crippen molar-refractivity contribution in [1.82, 2.24) is 4.98 Å². The highest BCUT2D eigenvalue weighted by molar-refractivity contribution is 5.90. The van der Waals surface area contributed by atoms with Gasteiger partial charge in [0.25, 0.3) is 5.91 Å². The highest BCUT2D eigenvalue weighted by atomic mass is 16.5. The van der Waals surface area contributed by atoms with Crippen LogP contribution in [0.5, 0.6) is 0 Å². The van der Waals surface area contributed by atoms with E-state index in [1.54, 1.807) is 6.07 Å². The van der Waals surface area contributed by atoms with Gasteiger partial charge in [0.1, 0.15) is 12.4 Å². The Kier molecular flexibility index (Phi) is 4.70. The van der Waals surface area contributed by atoms with Gasteiger partial charge in [-0.3, -0.25) is 4.79 Å². The van der Waals surface area contributed by atoms with Crippen molar-refractivity contribution in [2.45, 2.75) is 45.1 Å². The van der Waals surface area contributed by atoms with Gasteiger partial charge in [0.05, 0.1) is 6.10 Å². The molecule has 0 unspecified atom stereocenters. The van der Waals surface area contributed by atoms with E-state index >= 15 is 0 Å². The number of carbonyl (C=O) groups excluding carboxylic acids is 1. The SMILES string of the molecule is Cc1cccc(NC(=O)COC2CCCCC2)n1. The van der Waals surface area contributed by atoms with E-state index in [-0.39, 0.29) is 18.6 Å².